The summed E-state index contributed by atoms with van der Waals surface area (Å²) in [5, 5.41) is 0.982. The summed E-state index contributed by atoms with van der Waals surface area (Å²) in [6.45, 7) is 8.74. The number of aromatic nitrogens is 2. The summed E-state index contributed by atoms with van der Waals surface area (Å²) in [7, 11) is 0. The lowest BCUT2D eigenvalue weighted by Crippen LogP contribution is -2.01. The summed E-state index contributed by atoms with van der Waals surface area (Å²) in [5.41, 5.74) is 9.38. The van der Waals surface area contributed by atoms with Crippen LogP contribution in [0.3, 0.4) is 0 Å². The van der Waals surface area contributed by atoms with Gasteiger partial charge in [-0.25, -0.2) is 9.97 Å². The number of thioether (sulfide) groups is 2. The maximum atomic E-state index is 6.37. The molecule has 0 fully saturated rings. The van der Waals surface area contributed by atoms with Crippen molar-refractivity contribution in [2.45, 2.75) is 48.0 Å². The van der Waals surface area contributed by atoms with Crippen LogP contribution in [0, 0.1) is 0 Å². The third-order valence-corrected chi connectivity index (χ3v) is 6.01. The second-order valence-electron chi connectivity index (χ2n) is 6.82. The first-order valence-electron chi connectivity index (χ1n) is 9.10. The predicted octanol–water partition coefficient (Wildman–Crippen LogP) is 6.39. The number of hydrogen-bond acceptors (Lipinski definition) is 5. The zero-order chi connectivity index (χ0) is 19.4. The molecule has 140 valence electrons. The first kappa shape index (κ1) is 19.8. The van der Waals surface area contributed by atoms with Crippen LogP contribution < -0.4 is 5.73 Å². The largest absolute Gasteiger partial charge is 0.383 e. The highest BCUT2D eigenvalue weighted by Gasteiger charge is 2.15. The van der Waals surface area contributed by atoms with Gasteiger partial charge in [0.2, 0.25) is 0 Å². The van der Waals surface area contributed by atoms with Gasteiger partial charge in [0, 0.05) is 43.2 Å². The molecule has 0 bridgehead atoms. The predicted molar refractivity (Wildman–Crippen MR) is 119 cm³/mol. The van der Waals surface area contributed by atoms with Gasteiger partial charge in [-0.05, 0) is 12.1 Å². The minimum absolute atomic E-state index is 0.489. The summed E-state index contributed by atoms with van der Waals surface area (Å²) >= 11 is 3.64. The first-order valence-corrected chi connectivity index (χ1v) is 10.9. The van der Waals surface area contributed by atoms with Crippen LogP contribution in [0.4, 0.5) is 5.82 Å². The van der Waals surface area contributed by atoms with E-state index in [-0.39, 0.29) is 0 Å². The number of rotatable bonds is 6. The highest BCUT2D eigenvalue weighted by Crippen LogP contribution is 2.37. The normalized spacial score (nSPS) is 11.3. The molecule has 0 atom stereocenters. The quantitative estimate of drug-likeness (QED) is 0.490. The van der Waals surface area contributed by atoms with Gasteiger partial charge < -0.3 is 5.73 Å². The Hall–Kier alpha value is -1.98. The van der Waals surface area contributed by atoms with E-state index in [2.05, 4.69) is 68.0 Å². The summed E-state index contributed by atoms with van der Waals surface area (Å²) in [6.07, 6.45) is 1.86. The molecule has 0 saturated carbocycles. The van der Waals surface area contributed by atoms with Gasteiger partial charge in [0.1, 0.15) is 5.82 Å². The molecule has 1 heterocycles. The van der Waals surface area contributed by atoms with Crippen molar-refractivity contribution in [3.8, 4) is 22.5 Å². The lowest BCUT2D eigenvalue weighted by Gasteiger charge is -2.14. The van der Waals surface area contributed by atoms with E-state index in [1.165, 1.54) is 9.79 Å². The van der Waals surface area contributed by atoms with Gasteiger partial charge in [-0.2, -0.15) is 0 Å². The van der Waals surface area contributed by atoms with Crippen LogP contribution in [0.15, 0.2) is 64.5 Å². The molecule has 27 heavy (non-hydrogen) atoms. The Morgan fingerprint density at radius 2 is 1.26 bits per heavy atom. The Kier molecular flexibility index (Phi) is 6.45. The van der Waals surface area contributed by atoms with Crippen molar-refractivity contribution in [3.63, 3.8) is 0 Å². The molecule has 0 radical (unpaired) electrons. The molecule has 5 heteroatoms. The van der Waals surface area contributed by atoms with E-state index in [4.69, 9.17) is 5.73 Å². The molecule has 0 amide bonds. The molecule has 2 aromatic carbocycles. The van der Waals surface area contributed by atoms with Gasteiger partial charge in [0.05, 0.1) is 0 Å². The van der Waals surface area contributed by atoms with Crippen molar-refractivity contribution in [3.05, 3.63) is 54.7 Å². The van der Waals surface area contributed by atoms with E-state index in [0.717, 1.165) is 16.7 Å². The molecule has 0 aliphatic carbocycles. The van der Waals surface area contributed by atoms with Crippen molar-refractivity contribution < 1.29 is 0 Å². The van der Waals surface area contributed by atoms with E-state index in [9.17, 15) is 0 Å². The van der Waals surface area contributed by atoms with Crippen molar-refractivity contribution in [1.82, 2.24) is 9.97 Å². The Balaban J connectivity index is 2.02. The van der Waals surface area contributed by atoms with Crippen molar-refractivity contribution >= 4 is 29.3 Å². The van der Waals surface area contributed by atoms with E-state index < -0.39 is 0 Å². The van der Waals surface area contributed by atoms with Gasteiger partial charge in [-0.15, -0.1) is 23.5 Å². The van der Waals surface area contributed by atoms with Crippen LogP contribution in [0.2, 0.25) is 0 Å². The number of nitrogens with two attached hydrogens (primary N) is 1. The number of nitrogens with zero attached hydrogens (tertiary/aromatic N) is 2. The molecule has 0 spiro atoms. The van der Waals surface area contributed by atoms with E-state index in [1.807, 2.05) is 47.9 Å². The third kappa shape index (κ3) is 4.85. The molecule has 0 aliphatic rings. The fourth-order valence-electron chi connectivity index (χ4n) is 2.79. The lowest BCUT2D eigenvalue weighted by molar-refractivity contribution is 1.10. The minimum Gasteiger partial charge on any atom is -0.383 e. The van der Waals surface area contributed by atoms with Gasteiger partial charge in [-0.3, -0.25) is 0 Å². The molecular weight excluding hydrogens is 370 g/mol. The molecular formula is C22H25N3S2. The maximum absolute atomic E-state index is 6.37. The van der Waals surface area contributed by atoms with E-state index >= 15 is 0 Å². The molecule has 3 rings (SSSR count). The zero-order valence-electron chi connectivity index (χ0n) is 16.1. The van der Waals surface area contributed by atoms with Gasteiger partial charge >= 0.3 is 0 Å². The van der Waals surface area contributed by atoms with Gasteiger partial charge in [0.25, 0.3) is 0 Å². The zero-order valence-corrected chi connectivity index (χ0v) is 17.8. The molecule has 0 aliphatic heterocycles. The van der Waals surface area contributed by atoms with Crippen LogP contribution in [-0.4, -0.2) is 20.5 Å². The number of benzene rings is 2. The fraction of sp³-hybridized carbons (Fsp3) is 0.273. The first-order chi connectivity index (χ1) is 13.0. The SMILES string of the molecule is CC(C)Sc1ccccc1-c1ncc(-c2ccccc2SC(C)C)c(N)n1. The maximum Gasteiger partial charge on any atom is 0.162 e. The lowest BCUT2D eigenvalue weighted by atomic mass is 10.1. The minimum atomic E-state index is 0.489. The molecule has 0 unspecified atom stereocenters. The van der Waals surface area contributed by atoms with Crippen LogP contribution >= 0.6 is 23.5 Å². The fourth-order valence-corrected chi connectivity index (χ4v) is 4.71. The standard InChI is InChI=1S/C22H25N3S2/c1-14(2)26-19-11-7-5-9-16(19)18-13-24-22(25-21(18)23)17-10-6-8-12-20(17)27-15(3)4/h5-15H,1-4H3,(H2,23,24,25). The number of hydrogen-bond donors (Lipinski definition) is 1. The smallest absolute Gasteiger partial charge is 0.162 e. The summed E-state index contributed by atoms with van der Waals surface area (Å²) in [5.74, 6) is 1.19. The second-order valence-corrected chi connectivity index (χ2v) is 10.1. The second kappa shape index (κ2) is 8.81. The molecule has 3 nitrogen and oxygen atoms in total. The average molecular weight is 396 g/mol. The molecule has 2 N–H and O–H groups in total. The van der Waals surface area contributed by atoms with Crippen LogP contribution in [0.5, 0.6) is 0 Å². The number of anilines is 1. The van der Waals surface area contributed by atoms with E-state index in [1.54, 1.807) is 0 Å². The highest BCUT2D eigenvalue weighted by atomic mass is 32.2. The summed E-state index contributed by atoms with van der Waals surface area (Å²) < 4.78 is 0. The summed E-state index contributed by atoms with van der Waals surface area (Å²) in [6, 6.07) is 16.5. The Bertz CT molecular complexity index is 923. The van der Waals surface area contributed by atoms with Crippen LogP contribution in [0.1, 0.15) is 27.7 Å². The monoisotopic (exact) mass is 395 g/mol. The Morgan fingerprint density at radius 1 is 0.741 bits per heavy atom. The molecule has 0 saturated heterocycles. The molecule has 1 aromatic heterocycles. The van der Waals surface area contributed by atoms with Gasteiger partial charge in [0.15, 0.2) is 5.82 Å². The molecule has 3 aromatic rings. The third-order valence-electron chi connectivity index (χ3n) is 3.85. The Labute approximate surface area is 170 Å². The topological polar surface area (TPSA) is 51.8 Å². The van der Waals surface area contributed by atoms with Crippen LogP contribution in [0.25, 0.3) is 22.5 Å². The Morgan fingerprint density at radius 3 is 1.81 bits per heavy atom. The number of nitrogen functional groups attached to an aromatic ring is 1. The highest BCUT2D eigenvalue weighted by molar-refractivity contribution is 8.00. The van der Waals surface area contributed by atoms with Crippen molar-refractivity contribution in [1.29, 1.82) is 0 Å². The van der Waals surface area contributed by atoms with Crippen molar-refractivity contribution in [2.24, 2.45) is 0 Å². The van der Waals surface area contributed by atoms with Crippen molar-refractivity contribution in [2.75, 3.05) is 5.73 Å². The summed E-state index contributed by atoms with van der Waals surface area (Å²) in [4.78, 5) is 11.7. The average Bonchev–Trinajstić information content (AvgIpc) is 2.62. The van der Waals surface area contributed by atoms with Crippen LogP contribution in [-0.2, 0) is 0 Å². The van der Waals surface area contributed by atoms with E-state index in [0.29, 0.717) is 22.1 Å². The van der Waals surface area contributed by atoms with Gasteiger partial charge in [-0.1, -0.05) is 64.1 Å².